The zero-order chi connectivity index (χ0) is 14.3. The van der Waals surface area contributed by atoms with E-state index in [-0.39, 0.29) is 21.2 Å². The number of sulfonamides is 1. The van der Waals surface area contributed by atoms with Gasteiger partial charge in [0.15, 0.2) is 5.89 Å². The van der Waals surface area contributed by atoms with E-state index in [1.165, 1.54) is 12.4 Å². The zero-order valence-corrected chi connectivity index (χ0v) is 12.5. The largest absolute Gasteiger partial charge is 0.427 e. The van der Waals surface area contributed by atoms with E-state index in [1.807, 2.05) is 0 Å². The molecule has 0 amide bonds. The molecule has 3 rings (SSSR count). The van der Waals surface area contributed by atoms with Crippen LogP contribution in [0.2, 0.25) is 0 Å². The minimum atomic E-state index is -3.96. The summed E-state index contributed by atoms with van der Waals surface area (Å²) in [6, 6.07) is 0. The van der Waals surface area contributed by atoms with Crippen molar-refractivity contribution in [2.45, 2.75) is 23.9 Å². The number of halogens is 1. The number of aromatic amines is 1. The molecule has 7 nitrogen and oxygen atoms in total. The fraction of sp³-hybridized carbons (Fsp3) is 0.273. The van der Waals surface area contributed by atoms with Crippen LogP contribution in [0.5, 0.6) is 0 Å². The average molecular weight is 360 g/mol. The number of nitrogens with one attached hydrogen (secondary N) is 2. The number of pyridine rings is 1. The first kappa shape index (κ1) is 13.4. The van der Waals surface area contributed by atoms with Crippen LogP contribution in [0, 0.1) is 0 Å². The van der Waals surface area contributed by atoms with Crippen LogP contribution in [-0.2, 0) is 10.0 Å². The third-order valence-corrected chi connectivity index (χ3v) is 4.63. The summed E-state index contributed by atoms with van der Waals surface area (Å²) >= 11 is 3.03. The van der Waals surface area contributed by atoms with Crippen LogP contribution in [-0.4, -0.2) is 18.4 Å². The van der Waals surface area contributed by atoms with Crippen molar-refractivity contribution in [2.24, 2.45) is 0 Å². The second-order valence-corrected chi connectivity index (χ2v) is 6.91. The Bertz CT molecular complexity index is 807. The molecular formula is C11H10BrN3O4S. The lowest BCUT2D eigenvalue weighted by Gasteiger charge is -2.04. The lowest BCUT2D eigenvalue weighted by molar-refractivity contribution is 0.410. The molecule has 0 saturated heterocycles. The summed E-state index contributed by atoms with van der Waals surface area (Å²) in [5.74, 6) is 0.641. The summed E-state index contributed by atoms with van der Waals surface area (Å²) in [5.41, 5.74) is -0.557. The van der Waals surface area contributed by atoms with Crippen molar-refractivity contribution in [3.05, 3.63) is 39.2 Å². The van der Waals surface area contributed by atoms with E-state index in [4.69, 9.17) is 4.42 Å². The van der Waals surface area contributed by atoms with E-state index in [0.29, 0.717) is 5.89 Å². The molecule has 0 unspecified atom stereocenters. The van der Waals surface area contributed by atoms with Crippen molar-refractivity contribution in [1.82, 2.24) is 9.97 Å². The summed E-state index contributed by atoms with van der Waals surface area (Å²) in [6.07, 6.45) is 5.75. The van der Waals surface area contributed by atoms with E-state index < -0.39 is 15.5 Å². The first-order chi connectivity index (χ1) is 9.47. The van der Waals surface area contributed by atoms with Crippen molar-refractivity contribution in [3.8, 4) is 0 Å². The van der Waals surface area contributed by atoms with Crippen molar-refractivity contribution in [2.75, 3.05) is 4.72 Å². The lowest BCUT2D eigenvalue weighted by Crippen LogP contribution is -2.19. The van der Waals surface area contributed by atoms with Gasteiger partial charge in [-0.2, -0.15) is 8.42 Å². The summed E-state index contributed by atoms with van der Waals surface area (Å²) in [6.45, 7) is 0. The van der Waals surface area contributed by atoms with Gasteiger partial charge in [0, 0.05) is 18.3 Å². The molecule has 1 saturated carbocycles. The molecule has 20 heavy (non-hydrogen) atoms. The third kappa shape index (κ3) is 2.50. The maximum Gasteiger partial charge on any atom is 0.297 e. The number of nitrogens with zero attached hydrogens (tertiary/aromatic N) is 1. The number of aromatic nitrogens is 2. The van der Waals surface area contributed by atoms with Gasteiger partial charge in [-0.1, -0.05) is 0 Å². The summed E-state index contributed by atoms with van der Waals surface area (Å²) in [4.78, 5) is 18.4. The number of H-pyrrole nitrogens is 1. The first-order valence-electron chi connectivity index (χ1n) is 5.82. The molecular weight excluding hydrogens is 350 g/mol. The van der Waals surface area contributed by atoms with E-state index >= 15 is 0 Å². The number of oxazole rings is 1. The molecule has 0 aromatic carbocycles. The van der Waals surface area contributed by atoms with Crippen LogP contribution < -0.4 is 10.2 Å². The Kier molecular flexibility index (Phi) is 3.17. The Morgan fingerprint density at radius 3 is 2.85 bits per heavy atom. The topological polar surface area (TPSA) is 105 Å². The predicted octanol–water partition coefficient (Wildman–Crippen LogP) is 1.80. The molecule has 9 heteroatoms. The monoisotopic (exact) mass is 359 g/mol. The summed E-state index contributed by atoms with van der Waals surface area (Å²) in [7, 11) is -3.96. The van der Waals surface area contributed by atoms with Gasteiger partial charge in [0.25, 0.3) is 15.1 Å². The fourth-order valence-electron chi connectivity index (χ4n) is 1.64. The maximum absolute atomic E-state index is 12.1. The van der Waals surface area contributed by atoms with Crippen LogP contribution >= 0.6 is 15.9 Å². The normalized spacial score (nSPS) is 15.2. The minimum Gasteiger partial charge on any atom is -0.427 e. The Balaban J connectivity index is 1.91. The molecule has 1 aliphatic rings. The standard InChI is InChI=1S/C11H10BrN3O4S/c12-7-3-13-4-8(10(7)16)15-20(17,18)9-5-14-11(19-9)6-1-2-6/h3-6,15H,1-2H2,(H,13,16). The summed E-state index contributed by atoms with van der Waals surface area (Å²) in [5, 5.41) is -0.293. The molecule has 0 bridgehead atoms. The molecule has 2 heterocycles. The van der Waals surface area contributed by atoms with Crippen LogP contribution in [0.3, 0.4) is 0 Å². The van der Waals surface area contributed by atoms with Gasteiger partial charge < -0.3 is 9.40 Å². The van der Waals surface area contributed by atoms with E-state index in [2.05, 4.69) is 30.6 Å². The summed E-state index contributed by atoms with van der Waals surface area (Å²) < 4.78 is 31.9. The second kappa shape index (κ2) is 4.74. The number of hydrogen-bond donors (Lipinski definition) is 2. The quantitative estimate of drug-likeness (QED) is 0.865. The Hall–Kier alpha value is -1.61. The fourth-order valence-corrected chi connectivity index (χ4v) is 2.92. The zero-order valence-electron chi connectivity index (χ0n) is 10.1. The highest BCUT2D eigenvalue weighted by atomic mass is 79.9. The van der Waals surface area contributed by atoms with Crippen LogP contribution in [0.1, 0.15) is 24.7 Å². The SMILES string of the molecule is O=c1c(Br)c[nH]cc1NS(=O)(=O)c1cnc(C2CC2)o1. The smallest absolute Gasteiger partial charge is 0.297 e. The van der Waals surface area contributed by atoms with Crippen molar-refractivity contribution in [3.63, 3.8) is 0 Å². The molecule has 0 aliphatic heterocycles. The van der Waals surface area contributed by atoms with Gasteiger partial charge in [-0.25, -0.2) is 4.98 Å². The van der Waals surface area contributed by atoms with E-state index in [0.717, 1.165) is 19.0 Å². The predicted molar refractivity (Wildman–Crippen MR) is 74.0 cm³/mol. The number of rotatable bonds is 4. The second-order valence-electron chi connectivity index (χ2n) is 4.44. The third-order valence-electron chi connectivity index (χ3n) is 2.84. The molecule has 0 spiro atoms. The van der Waals surface area contributed by atoms with Crippen molar-refractivity contribution < 1.29 is 12.8 Å². The highest BCUT2D eigenvalue weighted by Crippen LogP contribution is 2.39. The molecule has 1 fully saturated rings. The highest BCUT2D eigenvalue weighted by Gasteiger charge is 2.31. The van der Waals surface area contributed by atoms with Crippen LogP contribution in [0.25, 0.3) is 0 Å². The minimum absolute atomic E-state index is 0.0938. The van der Waals surface area contributed by atoms with E-state index in [1.54, 1.807) is 0 Å². The van der Waals surface area contributed by atoms with Gasteiger partial charge in [0.05, 0.1) is 10.7 Å². The molecule has 2 N–H and O–H groups in total. The van der Waals surface area contributed by atoms with Crippen molar-refractivity contribution in [1.29, 1.82) is 0 Å². The highest BCUT2D eigenvalue weighted by molar-refractivity contribution is 9.10. The molecule has 0 radical (unpaired) electrons. The average Bonchev–Trinajstić information content (AvgIpc) is 3.12. The van der Waals surface area contributed by atoms with Crippen LogP contribution in [0.15, 0.2) is 37.4 Å². The first-order valence-corrected chi connectivity index (χ1v) is 8.10. The van der Waals surface area contributed by atoms with Gasteiger partial charge in [-0.3, -0.25) is 9.52 Å². The lowest BCUT2D eigenvalue weighted by atomic mass is 10.4. The molecule has 106 valence electrons. The molecule has 0 atom stereocenters. The van der Waals surface area contributed by atoms with E-state index in [9.17, 15) is 13.2 Å². The molecule has 2 aromatic heterocycles. The Labute approximate surface area is 122 Å². The van der Waals surface area contributed by atoms with Gasteiger partial charge in [-0.05, 0) is 28.8 Å². The molecule has 2 aromatic rings. The van der Waals surface area contributed by atoms with Gasteiger partial charge in [0.2, 0.25) is 5.43 Å². The molecule has 1 aliphatic carbocycles. The van der Waals surface area contributed by atoms with Gasteiger partial charge in [0.1, 0.15) is 5.69 Å². The number of anilines is 1. The number of hydrogen-bond acceptors (Lipinski definition) is 5. The Morgan fingerprint density at radius 1 is 1.40 bits per heavy atom. The van der Waals surface area contributed by atoms with Gasteiger partial charge in [-0.15, -0.1) is 0 Å². The maximum atomic E-state index is 12.1. The Morgan fingerprint density at radius 2 is 2.15 bits per heavy atom. The van der Waals surface area contributed by atoms with Crippen molar-refractivity contribution >= 4 is 31.6 Å². The van der Waals surface area contributed by atoms with Crippen LogP contribution in [0.4, 0.5) is 5.69 Å². The van der Waals surface area contributed by atoms with Gasteiger partial charge >= 0.3 is 0 Å².